The average Bonchev–Trinajstić information content (AvgIpc) is 3.31. The van der Waals surface area contributed by atoms with E-state index in [1.165, 1.54) is 30.3 Å². The van der Waals surface area contributed by atoms with Crippen LogP contribution in [0.15, 0.2) is 47.0 Å². The van der Waals surface area contributed by atoms with E-state index in [4.69, 9.17) is 4.52 Å². The molecule has 1 saturated carbocycles. The number of carbonyl (C=O) groups is 2. The summed E-state index contributed by atoms with van der Waals surface area (Å²) in [4.78, 5) is 29.0. The van der Waals surface area contributed by atoms with Crippen molar-refractivity contribution in [1.29, 1.82) is 0 Å². The monoisotopic (exact) mass is 468 g/mol. The van der Waals surface area contributed by atoms with Crippen LogP contribution in [-0.2, 0) is 16.0 Å². The van der Waals surface area contributed by atoms with Gasteiger partial charge in [-0.05, 0) is 61.7 Å². The number of rotatable bonds is 8. The molecule has 1 aromatic heterocycles. The van der Waals surface area contributed by atoms with Crippen LogP contribution in [-0.4, -0.2) is 22.0 Å². The summed E-state index contributed by atoms with van der Waals surface area (Å²) in [5.41, 5.74) is 1.10. The lowest BCUT2D eigenvalue weighted by molar-refractivity contribution is -0.120. The van der Waals surface area contributed by atoms with Gasteiger partial charge in [-0.15, -0.1) is 0 Å². The fraction of sp³-hybridized carbons (Fsp3) is 0.360. The molecule has 1 aliphatic carbocycles. The van der Waals surface area contributed by atoms with Crippen LogP contribution in [0.4, 0.5) is 20.2 Å². The molecule has 0 unspecified atom stereocenters. The molecule has 4 rings (SSSR count). The zero-order chi connectivity index (χ0) is 23.9. The number of hydrogen-bond acceptors (Lipinski definition) is 5. The molecule has 1 heterocycles. The van der Waals surface area contributed by atoms with Crippen LogP contribution in [0, 0.1) is 17.6 Å². The van der Waals surface area contributed by atoms with E-state index in [0.29, 0.717) is 35.8 Å². The molecule has 0 spiro atoms. The van der Waals surface area contributed by atoms with Crippen molar-refractivity contribution in [3.8, 4) is 11.4 Å². The summed E-state index contributed by atoms with van der Waals surface area (Å²) in [7, 11) is 0. The summed E-state index contributed by atoms with van der Waals surface area (Å²) in [6, 6.07) is 9.87. The summed E-state index contributed by atoms with van der Waals surface area (Å²) in [6.45, 7) is 0. The molecule has 0 radical (unpaired) electrons. The number of anilines is 2. The van der Waals surface area contributed by atoms with Crippen molar-refractivity contribution >= 4 is 23.2 Å². The third kappa shape index (κ3) is 6.24. The first kappa shape index (κ1) is 23.5. The molecule has 9 heteroatoms. The Balaban J connectivity index is 1.26. The summed E-state index contributed by atoms with van der Waals surface area (Å²) >= 11 is 0. The second-order valence-corrected chi connectivity index (χ2v) is 8.44. The Hall–Kier alpha value is -3.62. The highest BCUT2D eigenvalue weighted by Crippen LogP contribution is 2.27. The van der Waals surface area contributed by atoms with Crippen LogP contribution in [0.2, 0.25) is 0 Å². The number of aromatic nitrogens is 2. The van der Waals surface area contributed by atoms with Crippen LogP contribution in [0.25, 0.3) is 11.4 Å². The lowest BCUT2D eigenvalue weighted by atomic mass is 9.88. The standard InChI is InChI=1S/C25H26F2N4O3/c26-18-11-9-16(10-12-18)24-30-23(34-31-24)8-4-7-22(32)28-19-13-14-20(27)21(15-19)29-25(33)17-5-2-1-3-6-17/h9-15,17H,1-8H2,(H,28,32)(H,29,33). The molecule has 2 aromatic carbocycles. The first-order chi connectivity index (χ1) is 16.5. The Morgan fingerprint density at radius 1 is 1.00 bits per heavy atom. The zero-order valence-electron chi connectivity index (χ0n) is 18.7. The summed E-state index contributed by atoms with van der Waals surface area (Å²) in [5, 5.41) is 9.27. The fourth-order valence-corrected chi connectivity index (χ4v) is 3.99. The van der Waals surface area contributed by atoms with E-state index in [-0.39, 0.29) is 35.7 Å². The number of halogens is 2. The second kappa shape index (κ2) is 11.0. The quantitative estimate of drug-likeness (QED) is 0.455. The second-order valence-electron chi connectivity index (χ2n) is 8.44. The summed E-state index contributed by atoms with van der Waals surface area (Å²) in [6.07, 6.45) is 5.82. The minimum Gasteiger partial charge on any atom is -0.339 e. The van der Waals surface area contributed by atoms with Crippen molar-refractivity contribution in [2.45, 2.75) is 51.4 Å². The van der Waals surface area contributed by atoms with Gasteiger partial charge in [0.05, 0.1) is 5.69 Å². The van der Waals surface area contributed by atoms with Crippen LogP contribution in [0.1, 0.15) is 50.8 Å². The molecule has 0 saturated heterocycles. The van der Waals surface area contributed by atoms with E-state index >= 15 is 0 Å². The van der Waals surface area contributed by atoms with Crippen molar-refractivity contribution in [2.24, 2.45) is 5.92 Å². The van der Waals surface area contributed by atoms with Crippen LogP contribution < -0.4 is 10.6 Å². The van der Waals surface area contributed by atoms with Gasteiger partial charge in [0.1, 0.15) is 11.6 Å². The van der Waals surface area contributed by atoms with Crippen molar-refractivity contribution in [3.05, 3.63) is 60.0 Å². The topological polar surface area (TPSA) is 97.1 Å². The number of amides is 2. The lowest BCUT2D eigenvalue weighted by Gasteiger charge is -2.21. The predicted octanol–water partition coefficient (Wildman–Crippen LogP) is 5.50. The molecule has 0 aliphatic heterocycles. The Kier molecular flexibility index (Phi) is 7.61. The number of carbonyl (C=O) groups excluding carboxylic acids is 2. The van der Waals surface area contributed by atoms with E-state index in [2.05, 4.69) is 20.8 Å². The number of hydrogen-bond donors (Lipinski definition) is 2. The maximum atomic E-state index is 14.2. The molecule has 178 valence electrons. The maximum Gasteiger partial charge on any atom is 0.227 e. The molecule has 1 aliphatic rings. The van der Waals surface area contributed by atoms with Crippen LogP contribution >= 0.6 is 0 Å². The van der Waals surface area contributed by atoms with Gasteiger partial charge in [-0.25, -0.2) is 8.78 Å². The highest BCUT2D eigenvalue weighted by Gasteiger charge is 2.22. The van der Waals surface area contributed by atoms with Gasteiger partial charge in [0.25, 0.3) is 0 Å². The van der Waals surface area contributed by atoms with Crippen molar-refractivity contribution < 1.29 is 22.9 Å². The van der Waals surface area contributed by atoms with E-state index in [0.717, 1.165) is 32.1 Å². The van der Waals surface area contributed by atoms with Gasteiger partial charge in [-0.2, -0.15) is 4.98 Å². The van der Waals surface area contributed by atoms with Crippen LogP contribution in [0.3, 0.4) is 0 Å². The minimum absolute atomic E-state index is 0.0626. The van der Waals surface area contributed by atoms with Gasteiger partial charge in [-0.3, -0.25) is 9.59 Å². The Labute approximate surface area is 195 Å². The van der Waals surface area contributed by atoms with Gasteiger partial charge in [-0.1, -0.05) is 24.4 Å². The van der Waals surface area contributed by atoms with Gasteiger partial charge in [0, 0.05) is 30.0 Å². The van der Waals surface area contributed by atoms with Gasteiger partial charge in [0.15, 0.2) is 0 Å². The molecule has 0 bridgehead atoms. The zero-order valence-corrected chi connectivity index (χ0v) is 18.7. The van der Waals surface area contributed by atoms with Crippen LogP contribution in [0.5, 0.6) is 0 Å². The fourth-order valence-electron chi connectivity index (χ4n) is 3.99. The Morgan fingerprint density at radius 2 is 1.76 bits per heavy atom. The number of benzene rings is 2. The highest BCUT2D eigenvalue weighted by atomic mass is 19.1. The third-order valence-electron chi connectivity index (χ3n) is 5.85. The van der Waals surface area contributed by atoms with Crippen molar-refractivity contribution in [1.82, 2.24) is 10.1 Å². The molecule has 7 nitrogen and oxygen atoms in total. The maximum absolute atomic E-state index is 14.2. The number of nitrogens with one attached hydrogen (secondary N) is 2. The van der Waals surface area contributed by atoms with E-state index in [9.17, 15) is 18.4 Å². The van der Waals surface area contributed by atoms with Gasteiger partial charge < -0.3 is 15.2 Å². The van der Waals surface area contributed by atoms with Gasteiger partial charge >= 0.3 is 0 Å². The SMILES string of the molecule is O=C(CCCc1nc(-c2ccc(F)cc2)no1)Nc1ccc(F)c(NC(=O)C2CCCCC2)c1. The molecule has 2 N–H and O–H groups in total. The molecule has 3 aromatic rings. The van der Waals surface area contributed by atoms with Crippen molar-refractivity contribution in [3.63, 3.8) is 0 Å². The first-order valence-corrected chi connectivity index (χ1v) is 11.5. The third-order valence-corrected chi connectivity index (χ3v) is 5.85. The summed E-state index contributed by atoms with van der Waals surface area (Å²) in [5.74, 6) is -0.695. The molecular weight excluding hydrogens is 442 g/mol. The molecular formula is C25H26F2N4O3. The highest BCUT2D eigenvalue weighted by molar-refractivity contribution is 5.95. The lowest BCUT2D eigenvalue weighted by Crippen LogP contribution is -2.25. The summed E-state index contributed by atoms with van der Waals surface area (Å²) < 4.78 is 32.4. The van der Waals surface area contributed by atoms with E-state index in [1.54, 1.807) is 12.1 Å². The Bertz CT molecular complexity index is 1140. The number of nitrogens with zero attached hydrogens (tertiary/aromatic N) is 2. The average molecular weight is 469 g/mol. The van der Waals surface area contributed by atoms with Crippen molar-refractivity contribution in [2.75, 3.05) is 10.6 Å². The smallest absolute Gasteiger partial charge is 0.227 e. The first-order valence-electron chi connectivity index (χ1n) is 11.5. The largest absolute Gasteiger partial charge is 0.339 e. The Morgan fingerprint density at radius 3 is 2.53 bits per heavy atom. The van der Waals surface area contributed by atoms with Gasteiger partial charge in [0.2, 0.25) is 23.5 Å². The van der Waals surface area contributed by atoms with E-state index in [1.807, 2.05) is 0 Å². The minimum atomic E-state index is -0.546. The molecule has 1 fully saturated rings. The number of aryl methyl sites for hydroxylation is 1. The molecule has 34 heavy (non-hydrogen) atoms. The normalized spacial score (nSPS) is 14.1. The predicted molar refractivity (Wildman–Crippen MR) is 123 cm³/mol. The molecule has 2 amide bonds. The molecule has 0 atom stereocenters. The van der Waals surface area contributed by atoms with E-state index < -0.39 is 5.82 Å².